The van der Waals surface area contributed by atoms with Gasteiger partial charge in [-0.25, -0.2) is 18.0 Å². The maximum Gasteiger partial charge on any atom is 0.355 e. The second kappa shape index (κ2) is 11.8. The second-order valence-electron chi connectivity index (χ2n) is 9.66. The third-order valence-corrected chi connectivity index (χ3v) is 8.30. The number of esters is 2. The van der Waals surface area contributed by atoms with E-state index in [1.807, 2.05) is 4.90 Å². The molecule has 2 aliphatic heterocycles. The number of ether oxygens (including phenoxy) is 2. The summed E-state index contributed by atoms with van der Waals surface area (Å²) in [7, 11) is -1.25. The summed E-state index contributed by atoms with van der Waals surface area (Å²) in [5, 5.41) is 10.3. The van der Waals surface area contributed by atoms with E-state index < -0.39 is 27.7 Å². The lowest BCUT2D eigenvalue weighted by atomic mass is 9.81. The van der Waals surface area contributed by atoms with Gasteiger partial charge in [-0.2, -0.15) is 5.26 Å². The Morgan fingerprint density at radius 3 is 2.15 bits per heavy atom. The van der Waals surface area contributed by atoms with Gasteiger partial charge in [-0.3, -0.25) is 4.90 Å². The average Bonchev–Trinajstić information content (AvgIpc) is 3.25. The number of sulfone groups is 1. The Balaban J connectivity index is 2.03. The van der Waals surface area contributed by atoms with E-state index in [4.69, 9.17) is 15.2 Å². The van der Waals surface area contributed by atoms with Crippen molar-refractivity contribution in [2.24, 2.45) is 5.73 Å². The van der Waals surface area contributed by atoms with Crippen LogP contribution in [-0.2, 0) is 28.9 Å². The average molecular weight is 565 g/mol. The lowest BCUT2D eigenvalue weighted by Crippen LogP contribution is -2.41. The van der Waals surface area contributed by atoms with Crippen LogP contribution < -0.4 is 15.5 Å². The maximum absolute atomic E-state index is 13.4. The van der Waals surface area contributed by atoms with Gasteiger partial charge in [0.25, 0.3) is 0 Å². The molecule has 2 heterocycles. The van der Waals surface area contributed by atoms with Crippen LogP contribution in [0.25, 0.3) is 0 Å². The third kappa shape index (κ3) is 5.40. The number of rotatable bonds is 6. The van der Waals surface area contributed by atoms with E-state index in [1.165, 1.54) is 31.3 Å². The van der Waals surface area contributed by atoms with E-state index in [0.717, 1.165) is 31.9 Å². The molecule has 0 bridgehead atoms. The molecule has 1 saturated heterocycles. The van der Waals surface area contributed by atoms with Crippen LogP contribution in [0.5, 0.6) is 0 Å². The zero-order chi connectivity index (χ0) is 29.0. The van der Waals surface area contributed by atoms with Crippen LogP contribution in [0.2, 0.25) is 0 Å². The predicted molar refractivity (Wildman–Crippen MR) is 150 cm³/mol. The van der Waals surface area contributed by atoms with Crippen molar-refractivity contribution in [2.75, 3.05) is 43.4 Å². The zero-order valence-electron chi connectivity index (χ0n) is 22.7. The van der Waals surface area contributed by atoms with Gasteiger partial charge in [0.1, 0.15) is 11.5 Å². The van der Waals surface area contributed by atoms with Crippen molar-refractivity contribution in [3.05, 3.63) is 76.8 Å². The first-order valence-corrected chi connectivity index (χ1v) is 14.8. The lowest BCUT2D eigenvalue weighted by molar-refractivity contribution is -0.139. The van der Waals surface area contributed by atoms with Gasteiger partial charge in [-0.1, -0.05) is 43.2 Å². The summed E-state index contributed by atoms with van der Waals surface area (Å²) in [6.45, 7) is 1.31. The Labute approximate surface area is 234 Å². The molecule has 0 radical (unpaired) electrons. The minimum absolute atomic E-state index is 0.0303. The highest BCUT2D eigenvalue weighted by Crippen LogP contribution is 2.44. The summed E-state index contributed by atoms with van der Waals surface area (Å²) in [5.41, 5.74) is 7.63. The number of carbonyl (C=O) groups is 2. The molecule has 0 spiro atoms. The summed E-state index contributed by atoms with van der Waals surface area (Å²) in [6.07, 6.45) is 5.02. The Kier molecular flexibility index (Phi) is 8.49. The summed E-state index contributed by atoms with van der Waals surface area (Å²) in [4.78, 5) is 30.1. The molecule has 0 aliphatic carbocycles. The molecule has 4 rings (SSSR count). The summed E-state index contributed by atoms with van der Waals surface area (Å²) < 4.78 is 35.7. The van der Waals surface area contributed by atoms with Gasteiger partial charge in [-0.15, -0.1) is 0 Å². The van der Waals surface area contributed by atoms with Crippen LogP contribution in [0.1, 0.15) is 37.2 Å². The van der Waals surface area contributed by atoms with Crippen molar-refractivity contribution >= 4 is 33.2 Å². The number of nitrogens with zero attached hydrogens (tertiary/aromatic N) is 3. The van der Waals surface area contributed by atoms with E-state index in [1.54, 1.807) is 36.4 Å². The topological polar surface area (TPSA) is 143 Å². The molecule has 2 aromatic rings. The van der Waals surface area contributed by atoms with Crippen molar-refractivity contribution in [1.29, 1.82) is 5.26 Å². The first kappa shape index (κ1) is 28.7. The lowest BCUT2D eigenvalue weighted by Gasteiger charge is -2.36. The fourth-order valence-electron chi connectivity index (χ4n) is 5.30. The quantitative estimate of drug-likeness (QED) is 0.519. The van der Waals surface area contributed by atoms with E-state index in [9.17, 15) is 23.3 Å². The van der Waals surface area contributed by atoms with E-state index in [2.05, 4.69) is 6.07 Å². The van der Waals surface area contributed by atoms with E-state index in [-0.39, 0.29) is 27.6 Å². The van der Waals surface area contributed by atoms with Gasteiger partial charge in [0.2, 0.25) is 0 Å². The van der Waals surface area contributed by atoms with Gasteiger partial charge in [-0.05, 0) is 36.6 Å². The second-order valence-corrected chi connectivity index (χ2v) is 11.6. The molecule has 0 aromatic heterocycles. The number of allylic oxidation sites excluding steroid dienone is 1. The number of methoxy groups -OCH3 is 2. The molecule has 0 saturated carbocycles. The minimum atomic E-state index is -3.61. The Morgan fingerprint density at radius 1 is 0.975 bits per heavy atom. The van der Waals surface area contributed by atoms with Crippen LogP contribution in [0.4, 0.5) is 11.4 Å². The maximum atomic E-state index is 13.4. The highest BCUT2D eigenvalue weighted by atomic mass is 32.2. The molecule has 210 valence electrons. The Morgan fingerprint density at radius 2 is 1.60 bits per heavy atom. The standard InChI is InChI=1S/C29H32N4O6S/c1-38-28(34)25-24(19-11-7-6-8-12-19)21(18-30)27(31)33(26(25)29(35)39-2)20-13-14-23(40(3,36)37)22(17-20)32-15-9-4-5-10-16-32/h6-8,11-14,17,24H,4-5,9-10,15-16,31H2,1-3H3. The van der Waals surface area contributed by atoms with Crippen molar-refractivity contribution in [3.8, 4) is 6.07 Å². The molecule has 1 atom stereocenters. The first-order valence-electron chi connectivity index (χ1n) is 12.9. The normalized spacial score (nSPS) is 18.2. The van der Waals surface area contributed by atoms with Crippen molar-refractivity contribution < 1.29 is 27.5 Å². The van der Waals surface area contributed by atoms with Crippen LogP contribution in [-0.4, -0.2) is 53.9 Å². The van der Waals surface area contributed by atoms with Crippen LogP contribution >= 0.6 is 0 Å². The summed E-state index contributed by atoms with van der Waals surface area (Å²) in [5.74, 6) is -2.78. The highest BCUT2D eigenvalue weighted by molar-refractivity contribution is 7.90. The number of anilines is 2. The van der Waals surface area contributed by atoms with Crippen LogP contribution in [0.15, 0.2) is 76.1 Å². The van der Waals surface area contributed by atoms with Gasteiger partial charge in [0, 0.05) is 25.0 Å². The van der Waals surface area contributed by atoms with Gasteiger partial charge in [0.15, 0.2) is 9.84 Å². The van der Waals surface area contributed by atoms with E-state index in [0.29, 0.717) is 30.0 Å². The predicted octanol–water partition coefficient (Wildman–Crippen LogP) is 3.37. The van der Waals surface area contributed by atoms with E-state index >= 15 is 0 Å². The number of carbonyl (C=O) groups excluding carboxylic acids is 2. The number of nitrogens with two attached hydrogens (primary N) is 1. The number of nitriles is 1. The third-order valence-electron chi connectivity index (χ3n) is 7.16. The molecule has 2 N–H and O–H groups in total. The molecular weight excluding hydrogens is 532 g/mol. The molecule has 11 heteroatoms. The molecule has 2 aliphatic rings. The number of hydrogen-bond donors (Lipinski definition) is 1. The van der Waals surface area contributed by atoms with Crippen molar-refractivity contribution in [2.45, 2.75) is 36.5 Å². The Bertz CT molecular complexity index is 1520. The van der Waals surface area contributed by atoms with Crippen molar-refractivity contribution in [1.82, 2.24) is 0 Å². The van der Waals surface area contributed by atoms with Crippen molar-refractivity contribution in [3.63, 3.8) is 0 Å². The summed E-state index contributed by atoms with van der Waals surface area (Å²) in [6, 6.07) is 15.4. The van der Waals surface area contributed by atoms with Crippen LogP contribution in [0.3, 0.4) is 0 Å². The Hall–Kier alpha value is -4.30. The molecule has 10 nitrogen and oxygen atoms in total. The number of hydrogen-bond acceptors (Lipinski definition) is 10. The van der Waals surface area contributed by atoms with Gasteiger partial charge in [0.05, 0.1) is 47.9 Å². The smallest absolute Gasteiger partial charge is 0.355 e. The monoisotopic (exact) mass is 564 g/mol. The largest absolute Gasteiger partial charge is 0.466 e. The molecular formula is C29H32N4O6S. The zero-order valence-corrected chi connectivity index (χ0v) is 23.5. The summed E-state index contributed by atoms with van der Waals surface area (Å²) >= 11 is 0. The first-order chi connectivity index (χ1) is 19.1. The molecule has 2 aromatic carbocycles. The molecule has 0 amide bonds. The van der Waals surface area contributed by atoms with Gasteiger partial charge < -0.3 is 20.1 Å². The van der Waals surface area contributed by atoms with Crippen LogP contribution in [0, 0.1) is 11.3 Å². The molecule has 1 fully saturated rings. The molecule has 40 heavy (non-hydrogen) atoms. The number of benzene rings is 2. The SMILES string of the molecule is COC(=O)C1=C(C(=O)OC)N(c2ccc(S(C)(=O)=O)c(N3CCCCCC3)c2)C(N)=C(C#N)C1c1ccccc1. The fourth-order valence-corrected chi connectivity index (χ4v) is 6.18. The molecule has 1 unspecified atom stereocenters. The fraction of sp³-hybridized carbons (Fsp3) is 0.345. The minimum Gasteiger partial charge on any atom is -0.466 e. The van der Waals surface area contributed by atoms with Gasteiger partial charge >= 0.3 is 11.9 Å². The highest BCUT2D eigenvalue weighted by Gasteiger charge is 2.43.